The zero-order valence-electron chi connectivity index (χ0n) is 15.2. The summed E-state index contributed by atoms with van der Waals surface area (Å²) in [5.41, 5.74) is -1.18. The topological polar surface area (TPSA) is 139 Å². The Kier molecular flexibility index (Phi) is 13.3. The first kappa shape index (κ1) is 23.8. The highest BCUT2D eigenvalue weighted by Gasteiger charge is 2.23. The molecule has 0 spiro atoms. The quantitative estimate of drug-likeness (QED) is 0.216. The first-order valence-corrected chi connectivity index (χ1v) is 8.96. The molecule has 148 valence electrons. The fraction of sp³-hybridized carbons (Fsp3) is 0.882. The molecule has 0 bridgehead atoms. The van der Waals surface area contributed by atoms with Crippen molar-refractivity contribution in [1.29, 1.82) is 0 Å². The highest BCUT2D eigenvalue weighted by atomic mass is 16.3. The number of hydrogen-bond acceptors (Lipinski definition) is 6. The van der Waals surface area contributed by atoms with Crippen LogP contribution in [0.1, 0.15) is 58.3 Å². The van der Waals surface area contributed by atoms with Crippen LogP contribution in [0.5, 0.6) is 0 Å². The summed E-state index contributed by atoms with van der Waals surface area (Å²) in [6, 6.07) is 0. The van der Waals surface area contributed by atoms with Crippen LogP contribution in [0.3, 0.4) is 0 Å². The number of carbonyl (C=O) groups is 2. The van der Waals surface area contributed by atoms with Gasteiger partial charge in [0.1, 0.15) is 0 Å². The van der Waals surface area contributed by atoms with E-state index in [0.29, 0.717) is 13.1 Å². The normalized spacial score (nSPS) is 14.6. The Morgan fingerprint density at radius 1 is 0.960 bits per heavy atom. The van der Waals surface area contributed by atoms with E-state index in [1.54, 1.807) is 0 Å². The van der Waals surface area contributed by atoms with Gasteiger partial charge < -0.3 is 31.1 Å². The third-order valence-corrected chi connectivity index (χ3v) is 3.82. The molecule has 0 aromatic rings. The van der Waals surface area contributed by atoms with Gasteiger partial charge in [0.15, 0.2) is 0 Å². The molecule has 6 N–H and O–H groups in total. The van der Waals surface area contributed by atoms with Gasteiger partial charge in [0.2, 0.25) is 11.8 Å². The number of amides is 2. The number of aliphatic hydroxyl groups excluding tert-OH is 3. The molecule has 0 aromatic carbocycles. The monoisotopic (exact) mass is 362 g/mol. The van der Waals surface area contributed by atoms with Crippen molar-refractivity contribution in [3.63, 3.8) is 0 Å². The zero-order valence-corrected chi connectivity index (χ0v) is 15.2. The minimum absolute atomic E-state index is 0.00660. The minimum atomic E-state index is -1.18. The standard InChI is InChI=1S/C17H34N2O6/c1-17(25,7-11-21)13-16(24)19-9-5-3-2-4-8-18-15(23)12-14(22)6-10-20/h14,20-22,25H,2-13H2,1H3,(H,18,23)(H,19,24). The molecule has 8 heteroatoms. The van der Waals surface area contributed by atoms with Gasteiger partial charge in [-0.3, -0.25) is 9.59 Å². The molecule has 2 atom stereocenters. The average molecular weight is 362 g/mol. The fourth-order valence-electron chi connectivity index (χ4n) is 2.33. The van der Waals surface area contributed by atoms with Crippen LogP contribution in [0, 0.1) is 0 Å². The molecule has 0 rings (SSSR count). The van der Waals surface area contributed by atoms with Crippen LogP contribution in [0.15, 0.2) is 0 Å². The molecule has 25 heavy (non-hydrogen) atoms. The molecular weight excluding hydrogens is 328 g/mol. The van der Waals surface area contributed by atoms with Gasteiger partial charge in [-0.2, -0.15) is 0 Å². The molecule has 0 radical (unpaired) electrons. The molecular formula is C17H34N2O6. The van der Waals surface area contributed by atoms with Crippen LogP contribution < -0.4 is 10.6 Å². The summed E-state index contributed by atoms with van der Waals surface area (Å²) < 4.78 is 0. The Hall–Kier alpha value is -1.22. The summed E-state index contributed by atoms with van der Waals surface area (Å²) in [5, 5.41) is 42.1. The molecule has 2 amide bonds. The van der Waals surface area contributed by atoms with Crippen molar-refractivity contribution in [2.45, 2.75) is 70.0 Å². The van der Waals surface area contributed by atoms with E-state index in [0.717, 1.165) is 25.7 Å². The maximum atomic E-state index is 11.6. The highest BCUT2D eigenvalue weighted by Crippen LogP contribution is 2.13. The molecule has 0 fully saturated rings. The Bertz CT molecular complexity index is 376. The predicted molar refractivity (Wildman–Crippen MR) is 93.8 cm³/mol. The second kappa shape index (κ2) is 14.0. The molecule has 8 nitrogen and oxygen atoms in total. The predicted octanol–water partition coefficient (Wildman–Crippen LogP) is -0.564. The van der Waals surface area contributed by atoms with E-state index in [2.05, 4.69) is 10.6 Å². The van der Waals surface area contributed by atoms with Gasteiger partial charge in [-0.05, 0) is 32.6 Å². The maximum absolute atomic E-state index is 11.6. The first-order chi connectivity index (χ1) is 11.8. The van der Waals surface area contributed by atoms with Gasteiger partial charge in [-0.25, -0.2) is 0 Å². The van der Waals surface area contributed by atoms with E-state index in [-0.39, 0.29) is 50.7 Å². The number of hydrogen-bond donors (Lipinski definition) is 6. The molecule has 0 aliphatic carbocycles. The maximum Gasteiger partial charge on any atom is 0.222 e. The van der Waals surface area contributed by atoms with E-state index < -0.39 is 11.7 Å². The summed E-state index contributed by atoms with van der Waals surface area (Å²) in [4.78, 5) is 23.1. The number of nitrogens with one attached hydrogen (secondary N) is 2. The van der Waals surface area contributed by atoms with Crippen LogP contribution in [0.4, 0.5) is 0 Å². The Balaban J connectivity index is 3.52. The molecule has 0 aliphatic rings. The van der Waals surface area contributed by atoms with Crippen molar-refractivity contribution in [2.24, 2.45) is 0 Å². The minimum Gasteiger partial charge on any atom is -0.396 e. The van der Waals surface area contributed by atoms with Crippen molar-refractivity contribution < 1.29 is 30.0 Å². The first-order valence-electron chi connectivity index (χ1n) is 8.96. The lowest BCUT2D eigenvalue weighted by atomic mass is 9.98. The summed E-state index contributed by atoms with van der Waals surface area (Å²) in [6.07, 6.45) is 3.02. The van der Waals surface area contributed by atoms with E-state index in [9.17, 15) is 19.8 Å². The lowest BCUT2D eigenvalue weighted by Crippen LogP contribution is -2.35. The van der Waals surface area contributed by atoms with E-state index in [1.165, 1.54) is 6.92 Å². The van der Waals surface area contributed by atoms with Gasteiger partial charge >= 0.3 is 0 Å². The summed E-state index contributed by atoms with van der Waals surface area (Å²) >= 11 is 0. The highest BCUT2D eigenvalue weighted by molar-refractivity contribution is 5.77. The Morgan fingerprint density at radius 2 is 1.52 bits per heavy atom. The van der Waals surface area contributed by atoms with Crippen LogP contribution in [0.2, 0.25) is 0 Å². The SMILES string of the molecule is CC(O)(CCO)CC(=O)NCCCCCCNC(=O)CC(O)CCO. The van der Waals surface area contributed by atoms with Crippen molar-refractivity contribution in [3.05, 3.63) is 0 Å². The zero-order chi connectivity index (χ0) is 19.1. The van der Waals surface area contributed by atoms with Crippen molar-refractivity contribution in [1.82, 2.24) is 10.6 Å². The largest absolute Gasteiger partial charge is 0.396 e. The number of unbranched alkanes of at least 4 members (excludes halogenated alkanes) is 3. The Morgan fingerprint density at radius 3 is 2.04 bits per heavy atom. The molecule has 0 saturated carbocycles. The van der Waals surface area contributed by atoms with Crippen molar-refractivity contribution in [2.75, 3.05) is 26.3 Å². The number of carbonyl (C=O) groups excluding carboxylic acids is 2. The Labute approximate surface area is 149 Å². The van der Waals surface area contributed by atoms with E-state index >= 15 is 0 Å². The van der Waals surface area contributed by atoms with Gasteiger partial charge in [0.25, 0.3) is 0 Å². The second-order valence-corrected chi connectivity index (χ2v) is 6.63. The third kappa shape index (κ3) is 14.8. The summed E-state index contributed by atoms with van der Waals surface area (Å²) in [7, 11) is 0. The summed E-state index contributed by atoms with van der Waals surface area (Å²) in [5.74, 6) is -0.449. The third-order valence-electron chi connectivity index (χ3n) is 3.82. The van der Waals surface area contributed by atoms with Crippen LogP contribution in [-0.2, 0) is 9.59 Å². The van der Waals surface area contributed by atoms with Crippen LogP contribution >= 0.6 is 0 Å². The average Bonchev–Trinajstić information content (AvgIpc) is 2.49. The van der Waals surface area contributed by atoms with Crippen LogP contribution in [-0.4, -0.2) is 70.2 Å². The molecule has 0 saturated heterocycles. The fourth-order valence-corrected chi connectivity index (χ4v) is 2.33. The molecule has 2 unspecified atom stereocenters. The van der Waals surface area contributed by atoms with E-state index in [4.69, 9.17) is 10.2 Å². The lowest BCUT2D eigenvalue weighted by Gasteiger charge is -2.21. The number of rotatable bonds is 15. The smallest absolute Gasteiger partial charge is 0.222 e. The molecule has 0 aromatic heterocycles. The van der Waals surface area contributed by atoms with Gasteiger partial charge in [0.05, 0.1) is 24.5 Å². The van der Waals surface area contributed by atoms with Gasteiger partial charge in [-0.1, -0.05) is 12.8 Å². The molecule has 0 heterocycles. The van der Waals surface area contributed by atoms with Crippen molar-refractivity contribution in [3.8, 4) is 0 Å². The van der Waals surface area contributed by atoms with Gasteiger partial charge in [0, 0.05) is 26.3 Å². The van der Waals surface area contributed by atoms with Gasteiger partial charge in [-0.15, -0.1) is 0 Å². The number of aliphatic hydroxyl groups is 4. The van der Waals surface area contributed by atoms with Crippen LogP contribution in [0.25, 0.3) is 0 Å². The van der Waals surface area contributed by atoms with E-state index in [1.807, 2.05) is 0 Å². The lowest BCUT2D eigenvalue weighted by molar-refractivity contribution is -0.126. The second-order valence-electron chi connectivity index (χ2n) is 6.63. The molecule has 0 aliphatic heterocycles. The summed E-state index contributed by atoms with van der Waals surface area (Å²) in [6.45, 7) is 2.32. The van der Waals surface area contributed by atoms with Crippen molar-refractivity contribution >= 4 is 11.8 Å².